The van der Waals surface area contributed by atoms with E-state index >= 15 is 0 Å². The monoisotopic (exact) mass is 365 g/mol. The largest absolute Gasteiger partial charge is 0.481 e. The van der Waals surface area contributed by atoms with Crippen molar-refractivity contribution in [1.82, 2.24) is 10.3 Å². The average molecular weight is 365 g/mol. The van der Waals surface area contributed by atoms with E-state index in [-0.39, 0.29) is 12.2 Å². The highest BCUT2D eigenvalue weighted by Gasteiger charge is 2.22. The van der Waals surface area contributed by atoms with Gasteiger partial charge in [0.05, 0.1) is 0 Å². The number of nitrogens with one attached hydrogen (secondary N) is 2. The fraction of sp³-hybridized carbons (Fsp3) is 0.353. The van der Waals surface area contributed by atoms with Crippen molar-refractivity contribution in [2.45, 2.75) is 38.6 Å². The first-order valence-corrected chi connectivity index (χ1v) is 8.55. The van der Waals surface area contributed by atoms with E-state index in [4.69, 9.17) is 5.11 Å². The summed E-state index contributed by atoms with van der Waals surface area (Å²) in [6.07, 6.45) is 2.46. The van der Waals surface area contributed by atoms with E-state index in [0.29, 0.717) is 18.0 Å². The Balaban J connectivity index is 1.89. The summed E-state index contributed by atoms with van der Waals surface area (Å²) >= 11 is 1.31. The molecule has 0 aliphatic rings. The molecule has 6 nitrogen and oxygen atoms in total. The van der Waals surface area contributed by atoms with Gasteiger partial charge in [-0.15, -0.1) is 11.3 Å². The first-order valence-electron chi connectivity index (χ1n) is 7.74. The number of hydrogen-bond donors (Lipinski definition) is 3. The van der Waals surface area contributed by atoms with Crippen LogP contribution in [0.25, 0.3) is 0 Å². The number of nitrogens with zero attached hydrogens (tertiary/aromatic N) is 1. The van der Waals surface area contributed by atoms with Crippen molar-refractivity contribution in [3.05, 3.63) is 46.7 Å². The minimum atomic E-state index is -0.905. The number of urea groups is 1. The van der Waals surface area contributed by atoms with Gasteiger partial charge < -0.3 is 10.4 Å². The molecule has 2 rings (SSSR count). The molecule has 2 aromatic rings. The summed E-state index contributed by atoms with van der Waals surface area (Å²) in [5, 5.41) is 14.5. The fourth-order valence-corrected chi connectivity index (χ4v) is 3.05. The van der Waals surface area contributed by atoms with Crippen molar-refractivity contribution in [2.24, 2.45) is 0 Å². The second-order valence-corrected chi connectivity index (χ2v) is 7.41. The van der Waals surface area contributed by atoms with Crippen molar-refractivity contribution in [3.8, 4) is 0 Å². The number of rotatable bonds is 7. The molecule has 0 bridgehead atoms. The normalized spacial score (nSPS) is 11.2. The zero-order valence-corrected chi connectivity index (χ0v) is 14.8. The van der Waals surface area contributed by atoms with Gasteiger partial charge in [0.25, 0.3) is 0 Å². The van der Waals surface area contributed by atoms with Crippen LogP contribution in [0.3, 0.4) is 0 Å². The summed E-state index contributed by atoms with van der Waals surface area (Å²) in [5.41, 5.74) is 0.180. The summed E-state index contributed by atoms with van der Waals surface area (Å²) in [5.74, 6) is -1.19. The van der Waals surface area contributed by atoms with Crippen LogP contribution in [0.1, 0.15) is 37.1 Å². The SMILES string of the molecule is CC(C)(CCC(=O)O)NC(=O)Nc1ncc(Cc2cccc(F)c2)s1. The van der Waals surface area contributed by atoms with Crippen LogP contribution >= 0.6 is 11.3 Å². The molecular weight excluding hydrogens is 345 g/mol. The van der Waals surface area contributed by atoms with Gasteiger partial charge in [-0.25, -0.2) is 14.2 Å². The number of thiazole rings is 1. The van der Waals surface area contributed by atoms with Crippen molar-refractivity contribution in [1.29, 1.82) is 0 Å². The number of aliphatic carboxylic acids is 1. The summed E-state index contributed by atoms with van der Waals surface area (Å²) < 4.78 is 13.2. The van der Waals surface area contributed by atoms with Gasteiger partial charge in [-0.05, 0) is 38.0 Å². The number of aromatic nitrogens is 1. The molecule has 3 N–H and O–H groups in total. The van der Waals surface area contributed by atoms with Crippen LogP contribution in [0.4, 0.5) is 14.3 Å². The highest BCUT2D eigenvalue weighted by Crippen LogP contribution is 2.22. The molecule has 1 aromatic heterocycles. The van der Waals surface area contributed by atoms with Crippen molar-refractivity contribution >= 4 is 28.5 Å². The Hall–Kier alpha value is -2.48. The Bertz CT molecular complexity index is 761. The first-order chi connectivity index (χ1) is 11.7. The molecule has 1 aromatic carbocycles. The maximum absolute atomic E-state index is 13.2. The average Bonchev–Trinajstić information content (AvgIpc) is 2.91. The molecular formula is C17H20FN3O3S. The smallest absolute Gasteiger partial charge is 0.321 e. The fourth-order valence-electron chi connectivity index (χ4n) is 2.21. The highest BCUT2D eigenvalue weighted by atomic mass is 32.1. The molecule has 0 unspecified atom stereocenters. The van der Waals surface area contributed by atoms with Gasteiger partial charge in [-0.1, -0.05) is 12.1 Å². The molecule has 0 fully saturated rings. The maximum Gasteiger partial charge on any atom is 0.321 e. The van der Waals surface area contributed by atoms with E-state index in [1.165, 1.54) is 23.5 Å². The van der Waals surface area contributed by atoms with E-state index in [1.54, 1.807) is 26.1 Å². The lowest BCUT2D eigenvalue weighted by Crippen LogP contribution is -2.45. The van der Waals surface area contributed by atoms with Gasteiger partial charge in [-0.3, -0.25) is 10.1 Å². The van der Waals surface area contributed by atoms with Gasteiger partial charge in [0.2, 0.25) is 0 Å². The molecule has 0 saturated heterocycles. The van der Waals surface area contributed by atoms with E-state index < -0.39 is 17.5 Å². The van der Waals surface area contributed by atoms with Crippen molar-refractivity contribution in [2.75, 3.05) is 5.32 Å². The lowest BCUT2D eigenvalue weighted by atomic mass is 9.99. The molecule has 0 aliphatic carbocycles. The Morgan fingerprint density at radius 1 is 1.36 bits per heavy atom. The molecule has 2 amide bonds. The summed E-state index contributed by atoms with van der Waals surface area (Å²) in [6, 6.07) is 5.89. The summed E-state index contributed by atoms with van der Waals surface area (Å²) in [4.78, 5) is 27.7. The second-order valence-electron chi connectivity index (χ2n) is 6.30. The van der Waals surface area contributed by atoms with Crippen LogP contribution in [0, 0.1) is 5.82 Å². The lowest BCUT2D eigenvalue weighted by molar-refractivity contribution is -0.137. The van der Waals surface area contributed by atoms with Crippen LogP contribution < -0.4 is 10.6 Å². The van der Waals surface area contributed by atoms with Gasteiger partial charge in [0, 0.05) is 29.5 Å². The third kappa shape index (κ3) is 6.50. The van der Waals surface area contributed by atoms with Crippen molar-refractivity contribution in [3.63, 3.8) is 0 Å². The standard InChI is InChI=1S/C17H20FN3O3S/c1-17(2,7-6-14(22)23)21-15(24)20-16-19-10-13(25-16)9-11-4-3-5-12(18)8-11/h3-5,8,10H,6-7,9H2,1-2H3,(H,22,23)(H2,19,20,21,24). The number of amides is 2. The summed E-state index contributed by atoms with van der Waals surface area (Å²) in [7, 11) is 0. The van der Waals surface area contributed by atoms with Crippen LogP contribution in [0.5, 0.6) is 0 Å². The molecule has 1 heterocycles. The molecule has 134 valence electrons. The van der Waals surface area contributed by atoms with E-state index in [2.05, 4.69) is 15.6 Å². The lowest BCUT2D eigenvalue weighted by Gasteiger charge is -2.25. The van der Waals surface area contributed by atoms with Gasteiger partial charge in [0.1, 0.15) is 5.82 Å². The van der Waals surface area contributed by atoms with E-state index in [9.17, 15) is 14.0 Å². The Morgan fingerprint density at radius 3 is 2.80 bits per heavy atom. The Morgan fingerprint density at radius 2 is 2.12 bits per heavy atom. The second kappa shape index (κ2) is 8.06. The number of carboxylic acid groups (broad SMARTS) is 1. The van der Waals surface area contributed by atoms with Crippen LogP contribution in [-0.4, -0.2) is 27.6 Å². The number of halogens is 1. The van der Waals surface area contributed by atoms with Crippen LogP contribution in [0.15, 0.2) is 30.5 Å². The predicted octanol–water partition coefficient (Wildman–Crippen LogP) is 3.64. The molecule has 0 atom stereocenters. The third-order valence-electron chi connectivity index (χ3n) is 3.46. The molecule has 0 spiro atoms. The molecule has 0 saturated carbocycles. The zero-order valence-electron chi connectivity index (χ0n) is 14.0. The molecule has 0 radical (unpaired) electrons. The van der Waals surface area contributed by atoms with Crippen LogP contribution in [-0.2, 0) is 11.2 Å². The summed E-state index contributed by atoms with van der Waals surface area (Å²) in [6.45, 7) is 3.51. The number of anilines is 1. The Kier molecular flexibility index (Phi) is 6.08. The predicted molar refractivity (Wildman–Crippen MR) is 94.4 cm³/mol. The minimum Gasteiger partial charge on any atom is -0.481 e. The molecule has 8 heteroatoms. The minimum absolute atomic E-state index is 0.0255. The number of benzene rings is 1. The highest BCUT2D eigenvalue weighted by molar-refractivity contribution is 7.15. The van der Waals surface area contributed by atoms with Gasteiger partial charge in [-0.2, -0.15) is 0 Å². The topological polar surface area (TPSA) is 91.3 Å². The van der Waals surface area contributed by atoms with E-state index in [0.717, 1.165) is 10.4 Å². The Labute approximate surface area is 149 Å². The number of hydrogen-bond acceptors (Lipinski definition) is 4. The zero-order chi connectivity index (χ0) is 18.4. The van der Waals surface area contributed by atoms with Crippen molar-refractivity contribution < 1.29 is 19.1 Å². The third-order valence-corrected chi connectivity index (χ3v) is 4.37. The van der Waals surface area contributed by atoms with E-state index in [1.807, 2.05) is 6.07 Å². The van der Waals surface area contributed by atoms with Gasteiger partial charge in [0.15, 0.2) is 5.13 Å². The number of carbonyl (C=O) groups is 2. The first kappa shape index (κ1) is 18.9. The molecule has 0 aliphatic heterocycles. The maximum atomic E-state index is 13.2. The van der Waals surface area contributed by atoms with Crippen LogP contribution in [0.2, 0.25) is 0 Å². The van der Waals surface area contributed by atoms with Gasteiger partial charge >= 0.3 is 12.0 Å². The molecule has 25 heavy (non-hydrogen) atoms. The quantitative estimate of drug-likeness (QED) is 0.699. The number of carboxylic acids is 1. The number of carbonyl (C=O) groups excluding carboxylic acids is 1.